The molecule has 1 aliphatic heterocycles. The van der Waals surface area contributed by atoms with Gasteiger partial charge in [0, 0.05) is 55.5 Å². The first kappa shape index (κ1) is 28.6. The number of hydrogen-bond donors (Lipinski definition) is 0. The lowest BCUT2D eigenvalue weighted by Crippen LogP contribution is -2.37. The molecule has 228 valence electrons. The number of hydrogen-bond acceptors (Lipinski definition) is 6. The van der Waals surface area contributed by atoms with Crippen molar-refractivity contribution in [1.82, 2.24) is 15.0 Å². The van der Waals surface area contributed by atoms with Crippen LogP contribution in [0.25, 0.3) is 49.9 Å². The molecule has 0 spiro atoms. The zero-order chi connectivity index (χ0) is 31.2. The second-order valence-electron chi connectivity index (χ2n) is 11.7. The summed E-state index contributed by atoms with van der Waals surface area (Å²) in [5.41, 5.74) is 10.7. The predicted octanol–water partition coefficient (Wildman–Crippen LogP) is 7.55. The Morgan fingerprint density at radius 3 is 2.20 bits per heavy atom. The molecule has 1 aliphatic rings. The van der Waals surface area contributed by atoms with E-state index in [1.54, 1.807) is 14.2 Å². The van der Waals surface area contributed by atoms with Gasteiger partial charge in [-0.3, -0.25) is 0 Å². The smallest absolute Gasteiger partial charge is 0.241 e. The second kappa shape index (κ2) is 11.4. The quantitative estimate of drug-likeness (QED) is 0.126. The van der Waals surface area contributed by atoms with Crippen LogP contribution in [0.5, 0.6) is 11.5 Å². The number of pyridine rings is 1. The highest BCUT2D eigenvalue weighted by Gasteiger charge is 2.36. The number of aryl methyl sites for hydroxylation is 1. The van der Waals surface area contributed by atoms with Gasteiger partial charge in [0.25, 0.3) is 0 Å². The molecule has 0 amide bonds. The molecule has 0 unspecified atom stereocenters. The van der Waals surface area contributed by atoms with E-state index in [1.807, 2.05) is 25.0 Å². The van der Waals surface area contributed by atoms with E-state index in [0.29, 0.717) is 0 Å². The largest absolute Gasteiger partial charge is 0.496 e. The second-order valence-corrected chi connectivity index (χ2v) is 11.7. The molecule has 8 heteroatoms. The molecule has 0 saturated carbocycles. The van der Waals surface area contributed by atoms with E-state index >= 15 is 0 Å². The highest BCUT2D eigenvalue weighted by molar-refractivity contribution is 6.21. The fourth-order valence-corrected chi connectivity index (χ4v) is 6.82. The standard InChI is InChI=1S/C37H39N6O2/c1-7-21-41-27-11-9-13-31(44-5)33(27)36-34-28(12-10-14-32(34)45-6)42(22-8-2)37-30(20-19-29(41)35(36)37)43-23-26(38-39-43)24-15-17-25(18-16-24)40(3)4/h9-20,23H,7-8,21-22H2,1-6H3/q+1. The molecule has 0 bridgehead atoms. The van der Waals surface area contributed by atoms with Gasteiger partial charge in [-0.25, -0.2) is 4.68 Å². The van der Waals surface area contributed by atoms with Crippen LogP contribution in [-0.2, 0) is 6.54 Å². The summed E-state index contributed by atoms with van der Waals surface area (Å²) >= 11 is 0. The van der Waals surface area contributed by atoms with Gasteiger partial charge in [0.1, 0.15) is 29.4 Å². The third-order valence-corrected chi connectivity index (χ3v) is 8.79. The van der Waals surface area contributed by atoms with Crippen molar-refractivity contribution < 1.29 is 14.0 Å². The summed E-state index contributed by atoms with van der Waals surface area (Å²) in [5.74, 6) is 1.69. The number of fused-ring (bicyclic) bond motifs is 4. The minimum Gasteiger partial charge on any atom is -0.496 e. The molecular weight excluding hydrogens is 560 g/mol. The maximum absolute atomic E-state index is 6.07. The zero-order valence-corrected chi connectivity index (χ0v) is 26.8. The van der Waals surface area contributed by atoms with Crippen LogP contribution in [-0.4, -0.2) is 49.9 Å². The van der Waals surface area contributed by atoms with Crippen LogP contribution in [0.4, 0.5) is 17.1 Å². The van der Waals surface area contributed by atoms with Crippen molar-refractivity contribution >= 4 is 38.9 Å². The maximum atomic E-state index is 6.07. The van der Waals surface area contributed by atoms with Crippen LogP contribution in [0.3, 0.4) is 0 Å². The van der Waals surface area contributed by atoms with E-state index in [-0.39, 0.29) is 0 Å². The third kappa shape index (κ3) is 4.46. The Morgan fingerprint density at radius 2 is 1.49 bits per heavy atom. The number of ether oxygens (including phenoxy) is 2. The number of benzene rings is 4. The lowest BCUT2D eigenvalue weighted by molar-refractivity contribution is -0.645. The number of methoxy groups -OCH3 is 2. The Labute approximate surface area is 264 Å². The van der Waals surface area contributed by atoms with E-state index in [9.17, 15) is 0 Å². The van der Waals surface area contributed by atoms with Crippen molar-refractivity contribution in [3.05, 3.63) is 79.0 Å². The van der Waals surface area contributed by atoms with Crippen molar-refractivity contribution in [2.24, 2.45) is 0 Å². The van der Waals surface area contributed by atoms with Crippen molar-refractivity contribution in [2.75, 3.05) is 44.7 Å². The van der Waals surface area contributed by atoms with Gasteiger partial charge in [-0.05, 0) is 48.9 Å². The molecule has 45 heavy (non-hydrogen) atoms. The molecule has 0 atom stereocenters. The first-order valence-corrected chi connectivity index (χ1v) is 15.6. The summed E-state index contributed by atoms with van der Waals surface area (Å²) in [6.45, 7) is 6.16. The zero-order valence-electron chi connectivity index (χ0n) is 26.8. The van der Waals surface area contributed by atoms with E-state index < -0.39 is 0 Å². The summed E-state index contributed by atoms with van der Waals surface area (Å²) in [4.78, 5) is 4.53. The van der Waals surface area contributed by atoms with Crippen LogP contribution >= 0.6 is 0 Å². The Kier molecular flexibility index (Phi) is 7.28. The van der Waals surface area contributed by atoms with Gasteiger partial charge >= 0.3 is 0 Å². The van der Waals surface area contributed by atoms with Crippen LogP contribution in [0, 0.1) is 0 Å². The average Bonchev–Trinajstić information content (AvgIpc) is 3.56. The minimum atomic E-state index is 0.828. The Hall–Kier alpha value is -5.11. The normalized spacial score (nSPS) is 12.1. The fraction of sp³-hybridized carbons (Fsp3) is 0.270. The number of aromatic nitrogens is 4. The van der Waals surface area contributed by atoms with Crippen molar-refractivity contribution in [1.29, 1.82) is 0 Å². The van der Waals surface area contributed by atoms with Gasteiger partial charge in [0.2, 0.25) is 11.0 Å². The highest BCUT2D eigenvalue weighted by Crippen LogP contribution is 2.54. The fourth-order valence-electron chi connectivity index (χ4n) is 6.82. The Morgan fingerprint density at radius 1 is 0.756 bits per heavy atom. The molecule has 0 N–H and O–H groups in total. The Bertz CT molecular complexity index is 2050. The Balaban J connectivity index is 1.60. The summed E-state index contributed by atoms with van der Waals surface area (Å²) in [7, 11) is 7.60. The average molecular weight is 600 g/mol. The van der Waals surface area contributed by atoms with Crippen LogP contribution in [0.2, 0.25) is 0 Å². The molecule has 0 radical (unpaired) electrons. The van der Waals surface area contributed by atoms with Crippen molar-refractivity contribution in [3.63, 3.8) is 0 Å². The number of nitrogens with zero attached hydrogens (tertiary/aromatic N) is 6. The van der Waals surface area contributed by atoms with Crippen LogP contribution in [0.15, 0.2) is 79.0 Å². The minimum absolute atomic E-state index is 0.828. The SMILES string of the molecule is CCCN1c2cccc(OC)c2-c2c3c(OC)cccc3[n+](CCC)c3c(-n4cc(-c5ccc(N(C)C)cc5)nn4)ccc1c23. The molecule has 6 aromatic rings. The molecule has 2 aromatic heterocycles. The summed E-state index contributed by atoms with van der Waals surface area (Å²) in [6, 6.07) is 25.5. The topological polar surface area (TPSA) is 59.5 Å². The third-order valence-electron chi connectivity index (χ3n) is 8.79. The summed E-state index contributed by atoms with van der Waals surface area (Å²) < 4.78 is 16.5. The van der Waals surface area contributed by atoms with Gasteiger partial charge in [-0.2, -0.15) is 4.57 Å². The van der Waals surface area contributed by atoms with Gasteiger partial charge in [-0.1, -0.05) is 43.3 Å². The molecule has 3 heterocycles. The van der Waals surface area contributed by atoms with E-state index in [0.717, 1.165) is 98.7 Å². The molecule has 0 saturated heterocycles. The predicted molar refractivity (Wildman–Crippen MR) is 182 cm³/mol. The molecule has 8 nitrogen and oxygen atoms in total. The highest BCUT2D eigenvalue weighted by atomic mass is 16.5. The summed E-state index contributed by atoms with van der Waals surface area (Å²) in [5, 5.41) is 11.6. The van der Waals surface area contributed by atoms with Crippen LogP contribution in [0.1, 0.15) is 26.7 Å². The van der Waals surface area contributed by atoms with Gasteiger partial charge in [0.05, 0.1) is 42.6 Å². The maximum Gasteiger partial charge on any atom is 0.241 e. The van der Waals surface area contributed by atoms with Crippen molar-refractivity contribution in [2.45, 2.75) is 33.2 Å². The molecular formula is C37H39N6O2+. The van der Waals surface area contributed by atoms with E-state index in [1.165, 1.54) is 5.69 Å². The monoisotopic (exact) mass is 599 g/mol. The number of rotatable bonds is 9. The molecule has 0 fully saturated rings. The van der Waals surface area contributed by atoms with E-state index in [4.69, 9.17) is 14.7 Å². The lowest BCUT2D eigenvalue weighted by Gasteiger charge is -2.34. The van der Waals surface area contributed by atoms with Gasteiger partial charge in [-0.15, -0.1) is 5.10 Å². The molecule has 0 aliphatic carbocycles. The van der Waals surface area contributed by atoms with E-state index in [2.05, 4.69) is 106 Å². The number of anilines is 3. The summed E-state index contributed by atoms with van der Waals surface area (Å²) in [6.07, 6.45) is 4.00. The van der Waals surface area contributed by atoms with Crippen LogP contribution < -0.4 is 23.8 Å². The first-order chi connectivity index (χ1) is 22.0. The van der Waals surface area contributed by atoms with Gasteiger partial charge < -0.3 is 19.3 Å². The van der Waals surface area contributed by atoms with Crippen molar-refractivity contribution in [3.8, 4) is 39.6 Å². The lowest BCUT2D eigenvalue weighted by atomic mass is 9.88. The molecule has 4 aromatic carbocycles. The van der Waals surface area contributed by atoms with Gasteiger partial charge in [0.15, 0.2) is 0 Å². The molecule has 7 rings (SSSR count). The first-order valence-electron chi connectivity index (χ1n) is 15.6.